The molecule has 1 rings (SSSR count). The summed E-state index contributed by atoms with van der Waals surface area (Å²) < 4.78 is 5.13. The predicted molar refractivity (Wildman–Crippen MR) is 82.6 cm³/mol. The van der Waals surface area contributed by atoms with E-state index in [9.17, 15) is 9.59 Å². The summed E-state index contributed by atoms with van der Waals surface area (Å²) in [5.74, 6) is -0.470. The second-order valence-corrected chi connectivity index (χ2v) is 4.78. The maximum atomic E-state index is 11.9. The molecule has 0 spiro atoms. The summed E-state index contributed by atoms with van der Waals surface area (Å²) in [6.45, 7) is 3.62. The zero-order valence-corrected chi connectivity index (χ0v) is 12.6. The molecule has 1 aromatic rings. The minimum absolute atomic E-state index is 0.00817. The second kappa shape index (κ2) is 8.47. The van der Waals surface area contributed by atoms with Gasteiger partial charge in [-0.1, -0.05) is 19.1 Å². The van der Waals surface area contributed by atoms with Crippen LogP contribution in [0.5, 0.6) is 5.75 Å². The van der Waals surface area contributed by atoms with Crippen LogP contribution in [0.3, 0.4) is 0 Å². The van der Waals surface area contributed by atoms with E-state index in [2.05, 4.69) is 5.32 Å². The Morgan fingerprint density at radius 3 is 2.55 bits per heavy atom. The molecule has 1 aromatic carbocycles. The molecule has 0 aliphatic carbocycles. The van der Waals surface area contributed by atoms with Crippen molar-refractivity contribution in [2.24, 2.45) is 5.73 Å². The molecular weight excluding hydrogens is 282 g/mol. The molecule has 22 heavy (non-hydrogen) atoms. The third kappa shape index (κ3) is 5.67. The number of carbonyl (C=O) groups is 2. The lowest BCUT2D eigenvalue weighted by atomic mass is 10.1. The second-order valence-electron chi connectivity index (χ2n) is 4.78. The molecular formula is C16H19N3O3. The number of hydrogen-bond donors (Lipinski definition) is 2. The molecule has 0 saturated heterocycles. The molecule has 1 atom stereocenters. The lowest BCUT2D eigenvalue weighted by Crippen LogP contribution is -2.32. The fraction of sp³-hybridized carbons (Fsp3) is 0.312. The summed E-state index contributed by atoms with van der Waals surface area (Å²) in [6, 6.07) is 8.54. The number of carbonyl (C=O) groups excluding carboxylic acids is 2. The van der Waals surface area contributed by atoms with E-state index in [4.69, 9.17) is 15.7 Å². The number of benzene rings is 1. The van der Waals surface area contributed by atoms with Crippen LogP contribution < -0.4 is 15.8 Å². The van der Waals surface area contributed by atoms with Gasteiger partial charge in [-0.2, -0.15) is 5.26 Å². The van der Waals surface area contributed by atoms with Gasteiger partial charge in [0.2, 0.25) is 0 Å². The molecule has 116 valence electrons. The number of nitrogens with zero attached hydrogens (tertiary/aromatic N) is 1. The van der Waals surface area contributed by atoms with Crippen LogP contribution in [0.15, 0.2) is 29.8 Å². The minimum atomic E-state index is -0.558. The van der Waals surface area contributed by atoms with Gasteiger partial charge in [0.05, 0.1) is 0 Å². The summed E-state index contributed by atoms with van der Waals surface area (Å²) in [5, 5.41) is 11.8. The highest BCUT2D eigenvalue weighted by atomic mass is 16.5. The Hall–Kier alpha value is -2.81. The van der Waals surface area contributed by atoms with Gasteiger partial charge >= 0.3 is 0 Å². The van der Waals surface area contributed by atoms with Crippen molar-refractivity contribution in [2.45, 2.75) is 26.3 Å². The first kappa shape index (κ1) is 17.2. The monoisotopic (exact) mass is 301 g/mol. The Balaban J connectivity index is 2.79. The highest BCUT2D eigenvalue weighted by Gasteiger charge is 2.11. The number of primary amides is 1. The Morgan fingerprint density at radius 2 is 2.05 bits per heavy atom. The number of nitriles is 1. The summed E-state index contributed by atoms with van der Waals surface area (Å²) in [7, 11) is 0. The van der Waals surface area contributed by atoms with Gasteiger partial charge in [0.25, 0.3) is 11.8 Å². The van der Waals surface area contributed by atoms with E-state index in [1.54, 1.807) is 24.3 Å². The van der Waals surface area contributed by atoms with Crippen molar-refractivity contribution in [3.63, 3.8) is 0 Å². The van der Waals surface area contributed by atoms with Crippen LogP contribution in [-0.2, 0) is 9.59 Å². The van der Waals surface area contributed by atoms with Crippen molar-refractivity contribution >= 4 is 17.9 Å². The van der Waals surface area contributed by atoms with Crippen LogP contribution in [0.1, 0.15) is 25.8 Å². The molecule has 0 saturated carbocycles. The van der Waals surface area contributed by atoms with Gasteiger partial charge in [0, 0.05) is 6.04 Å². The smallest absolute Gasteiger partial charge is 0.262 e. The Bertz CT molecular complexity index is 600. The first-order valence-electron chi connectivity index (χ1n) is 6.90. The number of hydrogen-bond acceptors (Lipinski definition) is 4. The molecule has 6 heteroatoms. The molecule has 3 N–H and O–H groups in total. The largest absolute Gasteiger partial charge is 0.484 e. The highest BCUT2D eigenvalue weighted by Crippen LogP contribution is 2.14. The van der Waals surface area contributed by atoms with Crippen molar-refractivity contribution in [3.8, 4) is 11.8 Å². The predicted octanol–water partition coefficient (Wildman–Crippen LogP) is 1.37. The molecule has 0 aromatic heterocycles. The molecule has 0 aliphatic heterocycles. The van der Waals surface area contributed by atoms with Crippen molar-refractivity contribution < 1.29 is 14.3 Å². The third-order valence-corrected chi connectivity index (χ3v) is 2.93. The topological polar surface area (TPSA) is 105 Å². The molecule has 0 unspecified atom stereocenters. The fourth-order valence-electron chi connectivity index (χ4n) is 1.53. The Labute approximate surface area is 129 Å². The highest BCUT2D eigenvalue weighted by molar-refractivity contribution is 6.01. The van der Waals surface area contributed by atoms with Crippen LogP contribution in [0.2, 0.25) is 0 Å². The maximum absolute atomic E-state index is 11.9. The van der Waals surface area contributed by atoms with E-state index in [-0.39, 0.29) is 18.2 Å². The lowest BCUT2D eigenvalue weighted by Gasteiger charge is -2.10. The van der Waals surface area contributed by atoms with E-state index < -0.39 is 11.8 Å². The molecule has 0 radical (unpaired) electrons. The van der Waals surface area contributed by atoms with Crippen LogP contribution >= 0.6 is 0 Å². The minimum Gasteiger partial charge on any atom is -0.484 e. The number of ether oxygens (including phenoxy) is 1. The van der Waals surface area contributed by atoms with Gasteiger partial charge in [-0.05, 0) is 37.1 Å². The molecule has 0 fully saturated rings. The van der Waals surface area contributed by atoms with Gasteiger partial charge in [-0.25, -0.2) is 0 Å². The number of nitrogens with two attached hydrogens (primary N) is 1. The van der Waals surface area contributed by atoms with E-state index in [1.165, 1.54) is 6.08 Å². The quantitative estimate of drug-likeness (QED) is 0.586. The summed E-state index contributed by atoms with van der Waals surface area (Å²) in [5.41, 5.74) is 5.70. The van der Waals surface area contributed by atoms with E-state index in [0.717, 1.165) is 6.42 Å². The van der Waals surface area contributed by atoms with Crippen LogP contribution in [-0.4, -0.2) is 24.5 Å². The number of rotatable bonds is 7. The third-order valence-electron chi connectivity index (χ3n) is 2.93. The van der Waals surface area contributed by atoms with Gasteiger partial charge in [-0.3, -0.25) is 9.59 Å². The molecule has 0 aliphatic rings. The van der Waals surface area contributed by atoms with Crippen LogP contribution in [0.25, 0.3) is 6.08 Å². The average Bonchev–Trinajstić information content (AvgIpc) is 2.51. The van der Waals surface area contributed by atoms with Crippen molar-refractivity contribution in [1.29, 1.82) is 5.26 Å². The number of nitrogens with one attached hydrogen (secondary N) is 1. The van der Waals surface area contributed by atoms with Gasteiger partial charge in [-0.15, -0.1) is 0 Å². The SMILES string of the molecule is CC[C@H](C)NC(=O)/C(C#N)=C/c1ccc(OCC(N)=O)cc1. The first-order valence-corrected chi connectivity index (χ1v) is 6.90. The van der Waals surface area contributed by atoms with Crippen molar-refractivity contribution in [1.82, 2.24) is 5.32 Å². The molecule has 6 nitrogen and oxygen atoms in total. The summed E-state index contributed by atoms with van der Waals surface area (Å²) in [6.07, 6.45) is 2.28. The van der Waals surface area contributed by atoms with Crippen LogP contribution in [0.4, 0.5) is 0 Å². The van der Waals surface area contributed by atoms with Crippen molar-refractivity contribution in [2.75, 3.05) is 6.61 Å². The van der Waals surface area contributed by atoms with E-state index in [0.29, 0.717) is 11.3 Å². The van der Waals surface area contributed by atoms with Crippen molar-refractivity contribution in [3.05, 3.63) is 35.4 Å². The first-order chi connectivity index (χ1) is 10.5. The lowest BCUT2D eigenvalue weighted by molar-refractivity contribution is -0.120. The summed E-state index contributed by atoms with van der Waals surface area (Å²) in [4.78, 5) is 22.5. The normalized spacial score (nSPS) is 12.1. The average molecular weight is 301 g/mol. The Kier molecular flexibility index (Phi) is 6.64. The number of amides is 2. The van der Waals surface area contributed by atoms with Gasteiger partial charge < -0.3 is 15.8 Å². The fourth-order valence-corrected chi connectivity index (χ4v) is 1.53. The molecule has 0 heterocycles. The molecule has 2 amide bonds. The standard InChI is InChI=1S/C16H19N3O3/c1-3-11(2)19-16(21)13(9-17)8-12-4-6-14(7-5-12)22-10-15(18)20/h4-8,11H,3,10H2,1-2H3,(H2,18,20)(H,19,21)/b13-8+/t11-/m0/s1. The van der Waals surface area contributed by atoms with Gasteiger partial charge in [0.15, 0.2) is 6.61 Å². The summed E-state index contributed by atoms with van der Waals surface area (Å²) >= 11 is 0. The van der Waals surface area contributed by atoms with E-state index in [1.807, 2.05) is 19.9 Å². The van der Waals surface area contributed by atoms with E-state index >= 15 is 0 Å². The van der Waals surface area contributed by atoms with Crippen LogP contribution in [0, 0.1) is 11.3 Å². The van der Waals surface area contributed by atoms with Gasteiger partial charge in [0.1, 0.15) is 17.4 Å². The zero-order valence-electron chi connectivity index (χ0n) is 12.6. The maximum Gasteiger partial charge on any atom is 0.262 e. The molecule has 0 bridgehead atoms. The Morgan fingerprint density at radius 1 is 1.41 bits per heavy atom. The zero-order chi connectivity index (χ0) is 16.5.